The molecule has 0 saturated heterocycles. The number of benzene rings is 2. The summed E-state index contributed by atoms with van der Waals surface area (Å²) in [6, 6.07) is 17.1. The monoisotopic (exact) mass is 422 g/mol. The Morgan fingerprint density at radius 1 is 1.23 bits per heavy atom. The average Bonchev–Trinajstić information content (AvgIpc) is 3.23. The SMILES string of the molecule is COc1ccccc1-c1nnc(SC(C)C(=O)N(CCC#N)c2ccc(C)cc2)o1. The van der Waals surface area contributed by atoms with Crippen molar-refractivity contribution < 1.29 is 13.9 Å². The summed E-state index contributed by atoms with van der Waals surface area (Å²) in [7, 11) is 1.58. The molecule has 0 bridgehead atoms. The number of hydrogen-bond acceptors (Lipinski definition) is 7. The molecule has 154 valence electrons. The standard InChI is InChI=1S/C22H22N4O3S/c1-15-9-11-17(12-10-15)26(14-6-13-23)21(27)16(2)30-22-25-24-20(29-22)18-7-4-5-8-19(18)28-3/h4-5,7-12,16H,6,14H2,1-3H3. The smallest absolute Gasteiger partial charge is 0.277 e. The molecule has 0 saturated carbocycles. The van der Waals surface area contributed by atoms with Crippen LogP contribution in [0.4, 0.5) is 5.69 Å². The number of amides is 1. The summed E-state index contributed by atoms with van der Waals surface area (Å²) in [5, 5.41) is 16.9. The first-order valence-electron chi connectivity index (χ1n) is 9.42. The normalized spacial score (nSPS) is 11.5. The van der Waals surface area contributed by atoms with Gasteiger partial charge in [0.05, 0.1) is 30.4 Å². The third kappa shape index (κ3) is 4.99. The van der Waals surface area contributed by atoms with E-state index in [-0.39, 0.29) is 12.3 Å². The van der Waals surface area contributed by atoms with Gasteiger partial charge in [-0.2, -0.15) is 5.26 Å². The van der Waals surface area contributed by atoms with Crippen LogP contribution in [0.15, 0.2) is 58.2 Å². The molecular formula is C22H22N4O3S. The maximum absolute atomic E-state index is 13.1. The molecule has 1 amide bonds. The lowest BCUT2D eigenvalue weighted by atomic mass is 10.2. The number of methoxy groups -OCH3 is 1. The molecule has 1 heterocycles. The fraction of sp³-hybridized carbons (Fsp3) is 0.273. The number of aromatic nitrogens is 2. The van der Waals surface area contributed by atoms with Crippen LogP contribution in [0.5, 0.6) is 5.75 Å². The van der Waals surface area contributed by atoms with Crippen LogP contribution in [0.3, 0.4) is 0 Å². The van der Waals surface area contributed by atoms with Gasteiger partial charge in [-0.25, -0.2) is 0 Å². The highest BCUT2D eigenvalue weighted by atomic mass is 32.2. The second-order valence-corrected chi connectivity index (χ2v) is 7.86. The van der Waals surface area contributed by atoms with Crippen molar-refractivity contribution >= 4 is 23.4 Å². The van der Waals surface area contributed by atoms with E-state index in [1.807, 2.05) is 55.5 Å². The van der Waals surface area contributed by atoms with Crippen molar-refractivity contribution in [2.24, 2.45) is 0 Å². The van der Waals surface area contributed by atoms with Crippen LogP contribution in [-0.2, 0) is 4.79 Å². The number of rotatable bonds is 8. The molecule has 0 aliphatic carbocycles. The molecule has 0 N–H and O–H groups in total. The van der Waals surface area contributed by atoms with Crippen molar-refractivity contribution in [3.05, 3.63) is 54.1 Å². The van der Waals surface area contributed by atoms with E-state index in [0.717, 1.165) is 11.3 Å². The molecular weight excluding hydrogens is 400 g/mol. The van der Waals surface area contributed by atoms with Crippen LogP contribution in [-0.4, -0.2) is 35.0 Å². The maximum Gasteiger partial charge on any atom is 0.277 e. The largest absolute Gasteiger partial charge is 0.496 e. The number of nitriles is 1. The van der Waals surface area contributed by atoms with E-state index in [1.54, 1.807) is 18.9 Å². The van der Waals surface area contributed by atoms with E-state index in [0.29, 0.717) is 29.0 Å². The predicted octanol–water partition coefficient (Wildman–Crippen LogP) is 4.48. The van der Waals surface area contributed by atoms with Gasteiger partial charge in [0, 0.05) is 12.2 Å². The quantitative estimate of drug-likeness (QED) is 0.494. The van der Waals surface area contributed by atoms with Gasteiger partial charge < -0.3 is 14.1 Å². The molecule has 0 radical (unpaired) electrons. The zero-order valence-electron chi connectivity index (χ0n) is 17.0. The number of nitrogens with zero attached hydrogens (tertiary/aromatic N) is 4. The zero-order valence-corrected chi connectivity index (χ0v) is 17.8. The van der Waals surface area contributed by atoms with Gasteiger partial charge in [0.25, 0.3) is 11.1 Å². The number of hydrogen-bond donors (Lipinski definition) is 0. The van der Waals surface area contributed by atoms with Crippen molar-refractivity contribution in [2.75, 3.05) is 18.6 Å². The molecule has 8 heteroatoms. The molecule has 0 aliphatic rings. The Hall–Kier alpha value is -3.31. The van der Waals surface area contributed by atoms with Crippen molar-refractivity contribution in [2.45, 2.75) is 30.7 Å². The van der Waals surface area contributed by atoms with Gasteiger partial charge in [0.15, 0.2) is 0 Å². The Morgan fingerprint density at radius 3 is 2.67 bits per heavy atom. The number of para-hydroxylation sites is 1. The number of ether oxygens (including phenoxy) is 1. The fourth-order valence-corrected chi connectivity index (χ4v) is 3.61. The summed E-state index contributed by atoms with van der Waals surface area (Å²) in [5.74, 6) is 0.828. The van der Waals surface area contributed by atoms with Gasteiger partial charge in [-0.3, -0.25) is 4.79 Å². The van der Waals surface area contributed by atoms with E-state index < -0.39 is 5.25 Å². The number of thioether (sulfide) groups is 1. The van der Waals surface area contributed by atoms with Gasteiger partial charge in [-0.1, -0.05) is 41.6 Å². The fourth-order valence-electron chi connectivity index (χ4n) is 2.86. The summed E-state index contributed by atoms with van der Waals surface area (Å²) in [6.45, 7) is 4.09. The summed E-state index contributed by atoms with van der Waals surface area (Å²) in [4.78, 5) is 14.7. The summed E-state index contributed by atoms with van der Waals surface area (Å²) < 4.78 is 11.1. The molecule has 3 rings (SSSR count). The summed E-state index contributed by atoms with van der Waals surface area (Å²) in [6.07, 6.45) is 0.246. The molecule has 0 fully saturated rings. The predicted molar refractivity (Wildman–Crippen MR) is 115 cm³/mol. The van der Waals surface area contributed by atoms with Gasteiger partial charge >= 0.3 is 0 Å². The zero-order chi connectivity index (χ0) is 21.5. The van der Waals surface area contributed by atoms with E-state index in [2.05, 4.69) is 16.3 Å². The molecule has 7 nitrogen and oxygen atoms in total. The lowest BCUT2D eigenvalue weighted by molar-refractivity contribution is -0.117. The molecule has 30 heavy (non-hydrogen) atoms. The second-order valence-electron chi connectivity index (χ2n) is 6.57. The van der Waals surface area contributed by atoms with Crippen LogP contribution in [0.25, 0.3) is 11.5 Å². The molecule has 1 atom stereocenters. The van der Waals surface area contributed by atoms with Crippen molar-refractivity contribution in [3.8, 4) is 23.3 Å². The van der Waals surface area contributed by atoms with Crippen LogP contribution in [0.2, 0.25) is 0 Å². The van der Waals surface area contributed by atoms with E-state index in [9.17, 15) is 4.79 Å². The number of carbonyl (C=O) groups is 1. The minimum atomic E-state index is -0.476. The minimum absolute atomic E-state index is 0.129. The third-order valence-corrected chi connectivity index (χ3v) is 5.35. The number of carbonyl (C=O) groups excluding carboxylic acids is 1. The van der Waals surface area contributed by atoms with E-state index in [1.165, 1.54) is 11.8 Å². The van der Waals surface area contributed by atoms with Crippen molar-refractivity contribution in [1.82, 2.24) is 10.2 Å². The van der Waals surface area contributed by atoms with Crippen LogP contribution in [0.1, 0.15) is 18.9 Å². The Bertz CT molecular complexity index is 1040. The molecule has 1 aromatic heterocycles. The molecule has 0 aliphatic heterocycles. The Balaban J connectivity index is 1.76. The highest BCUT2D eigenvalue weighted by molar-refractivity contribution is 8.00. The third-order valence-electron chi connectivity index (χ3n) is 4.43. The highest BCUT2D eigenvalue weighted by Crippen LogP contribution is 2.32. The van der Waals surface area contributed by atoms with Crippen molar-refractivity contribution in [3.63, 3.8) is 0 Å². The maximum atomic E-state index is 13.1. The Labute approximate surface area is 179 Å². The first-order valence-corrected chi connectivity index (χ1v) is 10.3. The number of anilines is 1. The lowest BCUT2D eigenvalue weighted by Gasteiger charge is -2.24. The Morgan fingerprint density at radius 2 is 1.97 bits per heavy atom. The van der Waals surface area contributed by atoms with Crippen LogP contribution < -0.4 is 9.64 Å². The topological polar surface area (TPSA) is 92.3 Å². The molecule has 2 aromatic carbocycles. The summed E-state index contributed by atoms with van der Waals surface area (Å²) in [5.41, 5.74) is 2.55. The minimum Gasteiger partial charge on any atom is -0.496 e. The van der Waals surface area contributed by atoms with Gasteiger partial charge in [0.1, 0.15) is 5.75 Å². The van der Waals surface area contributed by atoms with Gasteiger partial charge in [-0.05, 0) is 38.1 Å². The highest BCUT2D eigenvalue weighted by Gasteiger charge is 2.25. The molecule has 1 unspecified atom stereocenters. The number of aryl methyl sites for hydroxylation is 1. The molecule has 0 spiro atoms. The Kier molecular flexibility index (Phi) is 7.09. The second kappa shape index (κ2) is 9.94. The summed E-state index contributed by atoms with van der Waals surface area (Å²) >= 11 is 1.19. The van der Waals surface area contributed by atoms with E-state index in [4.69, 9.17) is 14.4 Å². The lowest BCUT2D eigenvalue weighted by Crippen LogP contribution is -2.37. The van der Waals surface area contributed by atoms with Gasteiger partial charge in [0.2, 0.25) is 5.91 Å². The van der Waals surface area contributed by atoms with Crippen molar-refractivity contribution in [1.29, 1.82) is 5.26 Å². The van der Waals surface area contributed by atoms with Crippen LogP contribution >= 0.6 is 11.8 Å². The van der Waals surface area contributed by atoms with Crippen LogP contribution in [0, 0.1) is 18.3 Å². The van der Waals surface area contributed by atoms with Gasteiger partial charge in [-0.15, -0.1) is 10.2 Å². The van der Waals surface area contributed by atoms with E-state index >= 15 is 0 Å². The first kappa shape index (κ1) is 21.4. The average molecular weight is 423 g/mol. The first-order chi connectivity index (χ1) is 14.5. The molecule has 3 aromatic rings.